The molecule has 2 saturated heterocycles. The van der Waals surface area contributed by atoms with Gasteiger partial charge < -0.3 is 14.4 Å². The summed E-state index contributed by atoms with van der Waals surface area (Å²) >= 11 is 0. The SMILES string of the molecule is COCCN1CCO[C@H]2CCN(C(=O)c3ccn(C)n3)C[C@@H]21. The van der Waals surface area contributed by atoms with E-state index in [2.05, 4.69) is 10.00 Å². The number of ether oxygens (including phenoxy) is 2. The summed E-state index contributed by atoms with van der Waals surface area (Å²) < 4.78 is 12.7. The molecule has 0 unspecified atom stereocenters. The molecule has 0 aromatic carbocycles. The molecule has 122 valence electrons. The molecule has 3 heterocycles. The van der Waals surface area contributed by atoms with Gasteiger partial charge in [0.1, 0.15) is 5.69 Å². The van der Waals surface area contributed by atoms with Crippen molar-refractivity contribution in [2.75, 3.05) is 46.5 Å². The molecule has 2 fully saturated rings. The van der Waals surface area contributed by atoms with Gasteiger partial charge >= 0.3 is 0 Å². The maximum absolute atomic E-state index is 12.6. The van der Waals surface area contributed by atoms with Crippen molar-refractivity contribution in [2.45, 2.75) is 18.6 Å². The van der Waals surface area contributed by atoms with Crippen molar-refractivity contribution >= 4 is 5.91 Å². The molecule has 1 aromatic rings. The zero-order valence-electron chi connectivity index (χ0n) is 13.3. The number of methoxy groups -OCH3 is 1. The van der Waals surface area contributed by atoms with Crippen LogP contribution in [0.4, 0.5) is 0 Å². The number of rotatable bonds is 4. The topological polar surface area (TPSA) is 59.8 Å². The number of carbonyl (C=O) groups excluding carboxylic acids is 1. The van der Waals surface area contributed by atoms with Crippen molar-refractivity contribution < 1.29 is 14.3 Å². The first kappa shape index (κ1) is 15.5. The Morgan fingerprint density at radius 3 is 3.09 bits per heavy atom. The fourth-order valence-corrected chi connectivity index (χ4v) is 3.30. The zero-order valence-corrected chi connectivity index (χ0v) is 13.3. The number of piperidine rings is 1. The number of hydrogen-bond donors (Lipinski definition) is 0. The summed E-state index contributed by atoms with van der Waals surface area (Å²) in [6.45, 7) is 4.68. The number of amides is 1. The highest BCUT2D eigenvalue weighted by Crippen LogP contribution is 2.23. The Hall–Kier alpha value is -1.44. The number of aromatic nitrogens is 2. The summed E-state index contributed by atoms with van der Waals surface area (Å²) in [5.74, 6) is 0.0105. The smallest absolute Gasteiger partial charge is 0.274 e. The molecule has 0 aliphatic carbocycles. The van der Waals surface area contributed by atoms with Crippen LogP contribution in [-0.4, -0.2) is 84.1 Å². The number of nitrogens with zero attached hydrogens (tertiary/aromatic N) is 4. The lowest BCUT2D eigenvalue weighted by Crippen LogP contribution is -2.61. The molecule has 1 aromatic heterocycles. The van der Waals surface area contributed by atoms with Crippen LogP contribution in [0.1, 0.15) is 16.9 Å². The monoisotopic (exact) mass is 308 g/mol. The Labute approximate surface area is 130 Å². The molecule has 0 bridgehead atoms. The first-order chi connectivity index (χ1) is 10.7. The number of aryl methyl sites for hydroxylation is 1. The highest BCUT2D eigenvalue weighted by Gasteiger charge is 2.38. The van der Waals surface area contributed by atoms with Crippen molar-refractivity contribution in [2.24, 2.45) is 7.05 Å². The number of morpholine rings is 1. The molecule has 0 N–H and O–H groups in total. The van der Waals surface area contributed by atoms with Crippen LogP contribution < -0.4 is 0 Å². The van der Waals surface area contributed by atoms with E-state index in [1.54, 1.807) is 24.1 Å². The second-order valence-electron chi connectivity index (χ2n) is 5.92. The van der Waals surface area contributed by atoms with Crippen LogP contribution in [0.2, 0.25) is 0 Å². The van der Waals surface area contributed by atoms with Crippen LogP contribution in [0.5, 0.6) is 0 Å². The van der Waals surface area contributed by atoms with E-state index in [1.165, 1.54) is 0 Å². The predicted molar refractivity (Wildman–Crippen MR) is 80.7 cm³/mol. The van der Waals surface area contributed by atoms with Crippen LogP contribution in [0.25, 0.3) is 0 Å². The quantitative estimate of drug-likeness (QED) is 0.782. The molecule has 2 aliphatic rings. The number of carbonyl (C=O) groups is 1. The lowest BCUT2D eigenvalue weighted by molar-refractivity contribution is -0.101. The summed E-state index contributed by atoms with van der Waals surface area (Å²) in [7, 11) is 3.54. The van der Waals surface area contributed by atoms with Gasteiger partial charge in [0.15, 0.2) is 0 Å². The molecule has 7 nitrogen and oxygen atoms in total. The molecule has 22 heavy (non-hydrogen) atoms. The molecule has 1 amide bonds. The molecule has 0 saturated carbocycles. The highest BCUT2D eigenvalue weighted by molar-refractivity contribution is 5.92. The molecule has 2 atom stereocenters. The van der Waals surface area contributed by atoms with E-state index in [0.717, 1.165) is 32.7 Å². The van der Waals surface area contributed by atoms with Crippen LogP contribution in [0.3, 0.4) is 0 Å². The minimum atomic E-state index is 0.0105. The molecular weight excluding hydrogens is 284 g/mol. The van der Waals surface area contributed by atoms with Crippen molar-refractivity contribution in [3.05, 3.63) is 18.0 Å². The van der Waals surface area contributed by atoms with Crippen LogP contribution >= 0.6 is 0 Å². The average Bonchev–Trinajstić information content (AvgIpc) is 2.98. The molecule has 0 radical (unpaired) electrons. The third-order valence-electron chi connectivity index (χ3n) is 4.50. The average molecular weight is 308 g/mol. The lowest BCUT2D eigenvalue weighted by atomic mass is 9.98. The Morgan fingerprint density at radius 2 is 2.36 bits per heavy atom. The third kappa shape index (κ3) is 3.16. The maximum Gasteiger partial charge on any atom is 0.274 e. The molecule has 7 heteroatoms. The van der Waals surface area contributed by atoms with Gasteiger partial charge in [-0.15, -0.1) is 0 Å². The van der Waals surface area contributed by atoms with Gasteiger partial charge in [0, 0.05) is 46.5 Å². The minimum Gasteiger partial charge on any atom is -0.383 e. The Balaban J connectivity index is 1.67. The second-order valence-corrected chi connectivity index (χ2v) is 5.92. The van der Waals surface area contributed by atoms with Crippen LogP contribution in [0, 0.1) is 0 Å². The van der Waals surface area contributed by atoms with Gasteiger partial charge in [-0.1, -0.05) is 0 Å². The van der Waals surface area contributed by atoms with Crippen molar-refractivity contribution in [3.8, 4) is 0 Å². The van der Waals surface area contributed by atoms with E-state index in [-0.39, 0.29) is 18.1 Å². The van der Waals surface area contributed by atoms with Crippen LogP contribution in [-0.2, 0) is 16.5 Å². The van der Waals surface area contributed by atoms with Gasteiger partial charge in [0.2, 0.25) is 0 Å². The largest absolute Gasteiger partial charge is 0.383 e. The Bertz CT molecular complexity index is 519. The second kappa shape index (κ2) is 6.76. The first-order valence-electron chi connectivity index (χ1n) is 7.82. The standard InChI is InChI=1S/C15H24N4O3/c1-17-5-3-12(16-17)15(20)19-6-4-14-13(11-19)18(7-9-21-2)8-10-22-14/h3,5,13-14H,4,6-11H2,1-2H3/t13-,14-/m0/s1. The number of fused-ring (bicyclic) bond motifs is 1. The fraction of sp³-hybridized carbons (Fsp3) is 0.733. The van der Waals surface area contributed by atoms with Gasteiger partial charge in [0.25, 0.3) is 5.91 Å². The van der Waals surface area contributed by atoms with Gasteiger partial charge in [-0.2, -0.15) is 5.10 Å². The molecular formula is C15H24N4O3. The number of likely N-dealkylation sites (tertiary alicyclic amines) is 1. The fourth-order valence-electron chi connectivity index (χ4n) is 3.30. The normalized spacial score (nSPS) is 26.0. The third-order valence-corrected chi connectivity index (χ3v) is 4.50. The molecule has 3 rings (SSSR count). The summed E-state index contributed by atoms with van der Waals surface area (Å²) in [6, 6.07) is 2.03. The Morgan fingerprint density at radius 1 is 1.50 bits per heavy atom. The van der Waals surface area contributed by atoms with Gasteiger partial charge in [0.05, 0.1) is 25.4 Å². The summed E-state index contributed by atoms with van der Waals surface area (Å²) in [5.41, 5.74) is 0.515. The zero-order chi connectivity index (χ0) is 15.5. The highest BCUT2D eigenvalue weighted by atomic mass is 16.5. The van der Waals surface area contributed by atoms with Crippen molar-refractivity contribution in [3.63, 3.8) is 0 Å². The minimum absolute atomic E-state index is 0.0105. The lowest BCUT2D eigenvalue weighted by Gasteiger charge is -2.46. The van der Waals surface area contributed by atoms with E-state index >= 15 is 0 Å². The van der Waals surface area contributed by atoms with Gasteiger partial charge in [-0.3, -0.25) is 14.4 Å². The van der Waals surface area contributed by atoms with Crippen molar-refractivity contribution in [1.82, 2.24) is 19.6 Å². The van der Waals surface area contributed by atoms with Gasteiger partial charge in [-0.25, -0.2) is 0 Å². The Kier molecular flexibility index (Phi) is 4.75. The van der Waals surface area contributed by atoms with Gasteiger partial charge in [-0.05, 0) is 12.5 Å². The van der Waals surface area contributed by atoms with E-state index in [1.807, 2.05) is 11.9 Å². The van der Waals surface area contributed by atoms with Crippen LogP contribution in [0.15, 0.2) is 12.3 Å². The summed E-state index contributed by atoms with van der Waals surface area (Å²) in [4.78, 5) is 16.9. The van der Waals surface area contributed by atoms with E-state index in [0.29, 0.717) is 18.8 Å². The maximum atomic E-state index is 12.6. The van der Waals surface area contributed by atoms with E-state index < -0.39 is 0 Å². The number of hydrogen-bond acceptors (Lipinski definition) is 5. The molecule has 2 aliphatic heterocycles. The first-order valence-corrected chi connectivity index (χ1v) is 7.82. The van der Waals surface area contributed by atoms with E-state index in [4.69, 9.17) is 9.47 Å². The summed E-state index contributed by atoms with van der Waals surface area (Å²) in [5, 5.41) is 4.22. The molecule has 0 spiro atoms. The summed E-state index contributed by atoms with van der Waals surface area (Å²) in [6.07, 6.45) is 2.90. The predicted octanol–water partition coefficient (Wildman–Crippen LogP) is -0.0182. The van der Waals surface area contributed by atoms with Crippen molar-refractivity contribution in [1.29, 1.82) is 0 Å². The van der Waals surface area contributed by atoms with E-state index in [9.17, 15) is 4.79 Å².